The summed E-state index contributed by atoms with van der Waals surface area (Å²) < 4.78 is 12.6. The Morgan fingerprint density at radius 2 is 1.88 bits per heavy atom. The van der Waals surface area contributed by atoms with E-state index in [9.17, 15) is 9.90 Å². The minimum Gasteiger partial charge on any atom is -0.491 e. The molecule has 0 bridgehead atoms. The second kappa shape index (κ2) is 8.82. The number of imidazole rings is 1. The van der Waals surface area contributed by atoms with Crippen molar-refractivity contribution in [3.05, 3.63) is 84.4 Å². The number of hydrogen-bond donors (Lipinski definition) is 1. The Hall–Kier alpha value is -3.12. The highest BCUT2D eigenvalue weighted by atomic mass is 16.5. The molecule has 0 radical (unpaired) electrons. The van der Waals surface area contributed by atoms with Crippen molar-refractivity contribution >= 4 is 5.97 Å². The van der Waals surface area contributed by atoms with Crippen molar-refractivity contribution < 1.29 is 19.4 Å². The van der Waals surface area contributed by atoms with Crippen molar-refractivity contribution in [1.29, 1.82) is 0 Å². The molecule has 0 spiro atoms. The Balaban J connectivity index is 1.46. The average Bonchev–Trinajstić information content (AvgIpc) is 3.18. The summed E-state index contributed by atoms with van der Waals surface area (Å²) in [5, 5.41) is 9.96. The third kappa shape index (κ3) is 5.19. The fraction of sp³-hybridized carbons (Fsp3) is 0.200. The van der Waals surface area contributed by atoms with Gasteiger partial charge in [0.1, 0.15) is 25.1 Å². The van der Waals surface area contributed by atoms with Gasteiger partial charge in [0.05, 0.1) is 18.4 Å². The van der Waals surface area contributed by atoms with E-state index in [2.05, 4.69) is 4.98 Å². The maximum Gasteiger partial charge on any atom is 0.338 e. The van der Waals surface area contributed by atoms with Gasteiger partial charge < -0.3 is 19.1 Å². The molecule has 0 fully saturated rings. The highest BCUT2D eigenvalue weighted by Gasteiger charge is 2.09. The number of rotatable bonds is 8. The minimum absolute atomic E-state index is 0.149. The van der Waals surface area contributed by atoms with E-state index in [0.29, 0.717) is 17.9 Å². The van der Waals surface area contributed by atoms with Gasteiger partial charge in [0, 0.05) is 12.4 Å². The molecule has 1 aromatic heterocycles. The van der Waals surface area contributed by atoms with Crippen LogP contribution in [-0.4, -0.2) is 33.3 Å². The Morgan fingerprint density at radius 1 is 1.12 bits per heavy atom. The molecule has 2 aromatic carbocycles. The summed E-state index contributed by atoms with van der Waals surface area (Å²) in [5.74, 6) is 0.190. The molecule has 1 heterocycles. The van der Waals surface area contributed by atoms with Crippen LogP contribution in [0.5, 0.6) is 5.75 Å². The van der Waals surface area contributed by atoms with Gasteiger partial charge in [0.15, 0.2) is 0 Å². The summed E-state index contributed by atoms with van der Waals surface area (Å²) in [6.07, 6.45) is 4.42. The molecule has 0 aliphatic carbocycles. The van der Waals surface area contributed by atoms with E-state index in [1.165, 1.54) is 0 Å². The lowest BCUT2D eigenvalue weighted by Gasteiger charge is -2.13. The Kier molecular flexibility index (Phi) is 6.01. The summed E-state index contributed by atoms with van der Waals surface area (Å²) in [6, 6.07) is 16.2. The molecule has 6 nitrogen and oxygen atoms in total. The van der Waals surface area contributed by atoms with Gasteiger partial charge in [-0.25, -0.2) is 9.78 Å². The lowest BCUT2D eigenvalue weighted by Crippen LogP contribution is -2.23. The van der Waals surface area contributed by atoms with E-state index in [4.69, 9.17) is 9.47 Å². The number of aromatic nitrogens is 2. The first-order valence-corrected chi connectivity index (χ1v) is 8.28. The van der Waals surface area contributed by atoms with Gasteiger partial charge in [-0.15, -0.1) is 0 Å². The fourth-order valence-corrected chi connectivity index (χ4v) is 2.38. The Labute approximate surface area is 151 Å². The smallest absolute Gasteiger partial charge is 0.338 e. The number of ether oxygens (including phenoxy) is 2. The molecule has 134 valence electrons. The van der Waals surface area contributed by atoms with E-state index < -0.39 is 6.10 Å². The van der Waals surface area contributed by atoms with Gasteiger partial charge in [0.2, 0.25) is 0 Å². The third-order valence-corrected chi connectivity index (χ3v) is 3.73. The quantitative estimate of drug-likeness (QED) is 0.631. The average molecular weight is 352 g/mol. The van der Waals surface area contributed by atoms with E-state index in [0.717, 1.165) is 5.56 Å². The number of carbonyl (C=O) groups excluding carboxylic acids is 1. The van der Waals surface area contributed by atoms with Gasteiger partial charge in [-0.3, -0.25) is 0 Å². The van der Waals surface area contributed by atoms with Gasteiger partial charge in [0.25, 0.3) is 0 Å². The van der Waals surface area contributed by atoms with Crippen molar-refractivity contribution in [3.63, 3.8) is 0 Å². The summed E-state index contributed by atoms with van der Waals surface area (Å²) >= 11 is 0. The van der Waals surface area contributed by atoms with Crippen LogP contribution in [0.2, 0.25) is 0 Å². The molecule has 0 aliphatic rings. The van der Waals surface area contributed by atoms with Crippen LogP contribution < -0.4 is 4.74 Å². The van der Waals surface area contributed by atoms with E-state index in [-0.39, 0.29) is 19.2 Å². The van der Waals surface area contributed by atoms with Gasteiger partial charge in [-0.2, -0.15) is 0 Å². The normalized spacial score (nSPS) is 11.7. The number of aliphatic hydroxyl groups is 1. The molecule has 0 aliphatic heterocycles. The molecule has 0 amide bonds. The molecule has 6 heteroatoms. The van der Waals surface area contributed by atoms with E-state index >= 15 is 0 Å². The second-order valence-electron chi connectivity index (χ2n) is 5.81. The number of aliphatic hydroxyl groups excluding tert-OH is 1. The van der Waals surface area contributed by atoms with Crippen LogP contribution in [0, 0.1) is 0 Å². The highest BCUT2D eigenvalue weighted by Crippen LogP contribution is 2.14. The Bertz CT molecular complexity index is 802. The monoisotopic (exact) mass is 352 g/mol. The standard InChI is InChI=1S/C20H20N2O4/c23-18(12-22-11-10-21-15-22)14-25-19-8-6-17(7-9-19)20(24)26-13-16-4-2-1-3-5-16/h1-11,15,18,23H,12-14H2/t18-/m1/s1. The molecule has 1 atom stereocenters. The van der Waals surface area contributed by atoms with Crippen LogP contribution in [0.4, 0.5) is 0 Å². The van der Waals surface area contributed by atoms with Crippen LogP contribution >= 0.6 is 0 Å². The predicted octanol–water partition coefficient (Wildman–Crippen LogP) is 2.68. The lowest BCUT2D eigenvalue weighted by molar-refractivity contribution is 0.0472. The first-order chi connectivity index (χ1) is 12.7. The fourth-order valence-electron chi connectivity index (χ4n) is 2.38. The Morgan fingerprint density at radius 3 is 2.58 bits per heavy atom. The first-order valence-electron chi connectivity index (χ1n) is 8.28. The van der Waals surface area contributed by atoms with E-state index in [1.807, 2.05) is 30.3 Å². The van der Waals surface area contributed by atoms with Gasteiger partial charge >= 0.3 is 5.97 Å². The van der Waals surface area contributed by atoms with Crippen molar-refractivity contribution in [1.82, 2.24) is 9.55 Å². The summed E-state index contributed by atoms with van der Waals surface area (Å²) in [6.45, 7) is 0.790. The number of carbonyl (C=O) groups is 1. The van der Waals surface area contributed by atoms with Crippen LogP contribution in [0.1, 0.15) is 15.9 Å². The molecule has 26 heavy (non-hydrogen) atoms. The predicted molar refractivity (Wildman–Crippen MR) is 95.7 cm³/mol. The molecule has 0 unspecified atom stereocenters. The number of hydrogen-bond acceptors (Lipinski definition) is 5. The minimum atomic E-state index is -0.653. The van der Waals surface area contributed by atoms with Crippen LogP contribution in [0.3, 0.4) is 0 Å². The van der Waals surface area contributed by atoms with Gasteiger partial charge in [-0.1, -0.05) is 30.3 Å². The zero-order valence-corrected chi connectivity index (χ0v) is 14.2. The zero-order chi connectivity index (χ0) is 18.2. The lowest BCUT2D eigenvalue weighted by atomic mass is 10.2. The summed E-state index contributed by atoms with van der Waals surface area (Å²) in [5.41, 5.74) is 1.39. The van der Waals surface area contributed by atoms with Crippen molar-refractivity contribution in [2.75, 3.05) is 6.61 Å². The van der Waals surface area contributed by atoms with Crippen LogP contribution in [0.15, 0.2) is 73.3 Å². The SMILES string of the molecule is O=C(OCc1ccccc1)c1ccc(OC[C@H](O)Cn2ccnc2)cc1. The molecule has 3 aromatic rings. The first kappa shape index (κ1) is 17.7. The molecular formula is C20H20N2O4. The molecule has 3 rings (SSSR count). The molecule has 1 N–H and O–H groups in total. The summed E-state index contributed by atoms with van der Waals surface area (Å²) in [4.78, 5) is 16.0. The van der Waals surface area contributed by atoms with Crippen LogP contribution in [0.25, 0.3) is 0 Å². The zero-order valence-electron chi connectivity index (χ0n) is 14.2. The highest BCUT2D eigenvalue weighted by molar-refractivity contribution is 5.89. The second-order valence-corrected chi connectivity index (χ2v) is 5.81. The van der Waals surface area contributed by atoms with E-state index in [1.54, 1.807) is 47.6 Å². The number of benzene rings is 2. The van der Waals surface area contributed by atoms with Crippen molar-refractivity contribution in [2.24, 2.45) is 0 Å². The largest absolute Gasteiger partial charge is 0.491 e. The van der Waals surface area contributed by atoms with Crippen molar-refractivity contribution in [3.8, 4) is 5.75 Å². The van der Waals surface area contributed by atoms with Crippen LogP contribution in [-0.2, 0) is 17.9 Å². The van der Waals surface area contributed by atoms with Gasteiger partial charge in [-0.05, 0) is 29.8 Å². The van der Waals surface area contributed by atoms with Crippen molar-refractivity contribution in [2.45, 2.75) is 19.3 Å². The molecule has 0 saturated heterocycles. The molecule has 0 saturated carbocycles. The number of esters is 1. The molecular weight excluding hydrogens is 332 g/mol. The number of nitrogens with zero attached hydrogens (tertiary/aromatic N) is 2. The third-order valence-electron chi connectivity index (χ3n) is 3.73. The maximum absolute atomic E-state index is 12.1. The summed E-state index contributed by atoms with van der Waals surface area (Å²) in [7, 11) is 0. The topological polar surface area (TPSA) is 73.6 Å². The maximum atomic E-state index is 12.1.